The van der Waals surface area contributed by atoms with E-state index in [1.54, 1.807) is 11.8 Å². The third-order valence-electron chi connectivity index (χ3n) is 1.89. The van der Waals surface area contributed by atoms with E-state index in [9.17, 15) is 0 Å². The first kappa shape index (κ1) is 7.16. The minimum Gasteiger partial charge on any atom is -0.410 e. The first-order valence-electron chi connectivity index (χ1n) is 3.81. The standard InChI is InChI=1S/C7H10N2OS/c10-9-7-6(5-1-2-5)8-3-4-11-7/h5,10H,1-4H2/b9-7-. The van der Waals surface area contributed by atoms with Crippen molar-refractivity contribution in [3.8, 4) is 0 Å². The van der Waals surface area contributed by atoms with Gasteiger partial charge in [-0.25, -0.2) is 0 Å². The average molecular weight is 170 g/mol. The molecular formula is C7H10N2OS. The van der Waals surface area contributed by atoms with Gasteiger partial charge in [-0.3, -0.25) is 4.99 Å². The van der Waals surface area contributed by atoms with Crippen molar-refractivity contribution < 1.29 is 5.21 Å². The second kappa shape index (κ2) is 2.85. The highest BCUT2D eigenvalue weighted by Crippen LogP contribution is 2.34. The van der Waals surface area contributed by atoms with Gasteiger partial charge in [0.1, 0.15) is 0 Å². The Balaban J connectivity index is 2.18. The fraction of sp³-hybridized carbons (Fsp3) is 0.714. The second-order valence-corrected chi connectivity index (χ2v) is 3.88. The molecule has 0 bridgehead atoms. The first-order valence-corrected chi connectivity index (χ1v) is 4.80. The maximum Gasteiger partial charge on any atom is 0.157 e. The summed E-state index contributed by atoms with van der Waals surface area (Å²) in [4.78, 5) is 4.35. The van der Waals surface area contributed by atoms with E-state index in [1.165, 1.54) is 12.8 Å². The largest absolute Gasteiger partial charge is 0.410 e. The summed E-state index contributed by atoms with van der Waals surface area (Å²) < 4.78 is 0. The smallest absolute Gasteiger partial charge is 0.157 e. The maximum absolute atomic E-state index is 8.62. The number of rotatable bonds is 1. The van der Waals surface area contributed by atoms with Crippen LogP contribution in [0.2, 0.25) is 0 Å². The number of nitrogens with zero attached hydrogens (tertiary/aromatic N) is 2. The van der Waals surface area contributed by atoms with Crippen LogP contribution in [0.25, 0.3) is 0 Å². The molecule has 1 heterocycles. The molecule has 3 nitrogen and oxygen atoms in total. The van der Waals surface area contributed by atoms with E-state index in [0.29, 0.717) is 5.92 Å². The van der Waals surface area contributed by atoms with E-state index in [-0.39, 0.29) is 0 Å². The Labute approximate surface area is 69.6 Å². The number of hydrogen-bond acceptors (Lipinski definition) is 4. The Hall–Kier alpha value is -0.510. The van der Waals surface area contributed by atoms with Gasteiger partial charge in [0.15, 0.2) is 5.04 Å². The molecule has 0 aromatic carbocycles. The van der Waals surface area contributed by atoms with Gasteiger partial charge in [-0.15, -0.1) is 0 Å². The minimum absolute atomic E-state index is 0.605. The lowest BCUT2D eigenvalue weighted by Crippen LogP contribution is -2.19. The van der Waals surface area contributed by atoms with Crippen LogP contribution in [0.4, 0.5) is 0 Å². The van der Waals surface area contributed by atoms with Crippen molar-refractivity contribution in [2.45, 2.75) is 12.8 Å². The Kier molecular flexibility index (Phi) is 1.85. The van der Waals surface area contributed by atoms with Crippen molar-refractivity contribution in [1.82, 2.24) is 0 Å². The van der Waals surface area contributed by atoms with Crippen LogP contribution in [0, 0.1) is 5.92 Å². The molecule has 0 aromatic heterocycles. The summed E-state index contributed by atoms with van der Waals surface area (Å²) in [5.74, 6) is 1.56. The molecule has 0 amide bonds. The van der Waals surface area contributed by atoms with Crippen LogP contribution in [0.1, 0.15) is 12.8 Å². The van der Waals surface area contributed by atoms with Crippen LogP contribution in [0.15, 0.2) is 10.1 Å². The molecule has 0 atom stereocenters. The zero-order valence-electron chi connectivity index (χ0n) is 6.16. The molecule has 0 aromatic rings. The highest BCUT2D eigenvalue weighted by molar-refractivity contribution is 8.15. The molecule has 1 N–H and O–H groups in total. The lowest BCUT2D eigenvalue weighted by Gasteiger charge is -2.11. The molecule has 2 aliphatic rings. The van der Waals surface area contributed by atoms with Crippen molar-refractivity contribution in [2.24, 2.45) is 16.1 Å². The number of oxime groups is 1. The average Bonchev–Trinajstić information content (AvgIpc) is 2.87. The fourth-order valence-electron chi connectivity index (χ4n) is 1.19. The van der Waals surface area contributed by atoms with Crippen LogP contribution in [-0.4, -0.2) is 28.3 Å². The van der Waals surface area contributed by atoms with Crippen LogP contribution in [0.3, 0.4) is 0 Å². The first-order chi connectivity index (χ1) is 5.42. The molecule has 1 aliphatic carbocycles. The summed E-state index contributed by atoms with van der Waals surface area (Å²) in [6.45, 7) is 0.884. The normalized spacial score (nSPS) is 28.7. The molecule has 0 radical (unpaired) electrons. The van der Waals surface area contributed by atoms with Gasteiger partial charge in [-0.05, 0) is 12.8 Å². The molecule has 60 valence electrons. The van der Waals surface area contributed by atoms with E-state index >= 15 is 0 Å². The lowest BCUT2D eigenvalue weighted by atomic mass is 10.2. The van der Waals surface area contributed by atoms with Crippen LogP contribution >= 0.6 is 11.8 Å². The molecule has 2 rings (SSSR count). The van der Waals surface area contributed by atoms with Crippen LogP contribution in [-0.2, 0) is 0 Å². The highest BCUT2D eigenvalue weighted by atomic mass is 32.2. The molecule has 1 saturated carbocycles. The number of hydrogen-bond donors (Lipinski definition) is 1. The topological polar surface area (TPSA) is 45.0 Å². The highest BCUT2D eigenvalue weighted by Gasteiger charge is 2.32. The summed E-state index contributed by atoms with van der Waals surface area (Å²) in [7, 11) is 0. The van der Waals surface area contributed by atoms with E-state index in [0.717, 1.165) is 23.1 Å². The Morgan fingerprint density at radius 2 is 2.36 bits per heavy atom. The quantitative estimate of drug-likeness (QED) is 0.477. The van der Waals surface area contributed by atoms with Gasteiger partial charge >= 0.3 is 0 Å². The predicted molar refractivity (Wildman–Crippen MR) is 46.7 cm³/mol. The Morgan fingerprint density at radius 1 is 1.55 bits per heavy atom. The molecule has 0 unspecified atom stereocenters. The third-order valence-corrected chi connectivity index (χ3v) is 2.84. The van der Waals surface area contributed by atoms with Crippen LogP contribution < -0.4 is 0 Å². The van der Waals surface area contributed by atoms with Crippen molar-refractivity contribution in [1.29, 1.82) is 0 Å². The van der Waals surface area contributed by atoms with Crippen molar-refractivity contribution in [3.05, 3.63) is 0 Å². The third kappa shape index (κ3) is 1.40. The number of thioether (sulfide) groups is 1. The van der Waals surface area contributed by atoms with Gasteiger partial charge in [-0.2, -0.15) is 0 Å². The van der Waals surface area contributed by atoms with Gasteiger partial charge < -0.3 is 5.21 Å². The van der Waals surface area contributed by atoms with Gasteiger partial charge in [0.25, 0.3) is 0 Å². The van der Waals surface area contributed by atoms with E-state index in [1.807, 2.05) is 0 Å². The summed E-state index contributed by atoms with van der Waals surface area (Å²) >= 11 is 1.61. The molecule has 1 aliphatic heterocycles. The van der Waals surface area contributed by atoms with Crippen molar-refractivity contribution in [3.63, 3.8) is 0 Å². The van der Waals surface area contributed by atoms with E-state index < -0.39 is 0 Å². The zero-order chi connectivity index (χ0) is 7.68. The predicted octanol–water partition coefficient (Wildman–Crippen LogP) is 1.37. The summed E-state index contributed by atoms with van der Waals surface area (Å²) in [6.07, 6.45) is 2.44. The summed E-state index contributed by atoms with van der Waals surface area (Å²) in [6, 6.07) is 0. The lowest BCUT2D eigenvalue weighted by molar-refractivity contribution is 0.321. The Bertz CT molecular complexity index is 220. The maximum atomic E-state index is 8.62. The van der Waals surface area contributed by atoms with Gasteiger partial charge in [-0.1, -0.05) is 16.9 Å². The zero-order valence-corrected chi connectivity index (χ0v) is 6.97. The molecular weight excluding hydrogens is 160 g/mol. The van der Waals surface area contributed by atoms with Gasteiger partial charge in [0.05, 0.1) is 5.71 Å². The second-order valence-electron chi connectivity index (χ2n) is 2.79. The molecule has 11 heavy (non-hydrogen) atoms. The van der Waals surface area contributed by atoms with E-state index in [4.69, 9.17) is 5.21 Å². The van der Waals surface area contributed by atoms with Gasteiger partial charge in [0, 0.05) is 18.2 Å². The molecule has 0 saturated heterocycles. The Morgan fingerprint density at radius 3 is 3.00 bits per heavy atom. The number of aliphatic imine (C=N–C) groups is 1. The van der Waals surface area contributed by atoms with Crippen molar-refractivity contribution in [2.75, 3.05) is 12.3 Å². The molecule has 4 heteroatoms. The monoisotopic (exact) mass is 170 g/mol. The molecule has 0 spiro atoms. The fourth-order valence-corrected chi connectivity index (χ4v) is 2.00. The summed E-state index contributed by atoms with van der Waals surface area (Å²) in [5.41, 5.74) is 1.05. The van der Waals surface area contributed by atoms with Crippen molar-refractivity contribution >= 4 is 22.5 Å². The molecule has 1 fully saturated rings. The van der Waals surface area contributed by atoms with Gasteiger partial charge in [0.2, 0.25) is 0 Å². The minimum atomic E-state index is 0.605. The summed E-state index contributed by atoms with van der Waals surface area (Å²) in [5, 5.41) is 12.6. The van der Waals surface area contributed by atoms with E-state index in [2.05, 4.69) is 10.1 Å². The van der Waals surface area contributed by atoms with Crippen LogP contribution in [0.5, 0.6) is 0 Å². The SMILES string of the molecule is O/N=C1\SCCN=C1C1CC1.